The Morgan fingerprint density at radius 2 is 1.63 bits per heavy atom. The number of amides is 4. The van der Waals surface area contributed by atoms with E-state index in [1.165, 1.54) is 43.1 Å². The van der Waals surface area contributed by atoms with E-state index in [0.29, 0.717) is 17.7 Å². The Hall–Kier alpha value is -4.38. The summed E-state index contributed by atoms with van der Waals surface area (Å²) in [6.07, 6.45) is 0.615. The average molecular weight is 539 g/mol. The van der Waals surface area contributed by atoms with Crippen LogP contribution in [0.4, 0.5) is 16.2 Å². The molecule has 3 aromatic carbocycles. The Bertz CT molecular complexity index is 1430. The molecule has 11 heteroatoms. The summed E-state index contributed by atoms with van der Waals surface area (Å²) in [5.74, 6) is -1.14. The minimum atomic E-state index is -4.18. The van der Waals surface area contributed by atoms with Crippen LogP contribution in [-0.2, 0) is 26.0 Å². The second kappa shape index (κ2) is 12.2. The third kappa shape index (κ3) is 7.32. The molecular formula is C27H30N4O6S. The maximum absolute atomic E-state index is 13.4. The normalized spacial score (nSPS) is 11.8. The molecule has 4 amide bonds. The zero-order valence-electron chi connectivity index (χ0n) is 21.3. The van der Waals surface area contributed by atoms with Crippen LogP contribution in [0.1, 0.15) is 24.5 Å². The van der Waals surface area contributed by atoms with Gasteiger partial charge in [0, 0.05) is 25.7 Å². The van der Waals surface area contributed by atoms with Crippen LogP contribution in [0.5, 0.6) is 5.75 Å². The molecule has 1 unspecified atom stereocenters. The van der Waals surface area contributed by atoms with Gasteiger partial charge in [-0.1, -0.05) is 48.5 Å². The number of aryl methyl sites for hydroxylation is 2. The molecule has 1 atom stereocenters. The van der Waals surface area contributed by atoms with E-state index in [0.717, 1.165) is 5.56 Å². The number of phenolic OH excluding ortho intramolecular Hbond substituents is 1. The van der Waals surface area contributed by atoms with Crippen molar-refractivity contribution in [3.63, 3.8) is 0 Å². The summed E-state index contributed by atoms with van der Waals surface area (Å²) in [6.45, 7) is 2.91. The standard InChI is InChI=1S/C27H30N4O6S/c1-18-9-7-8-12-25(18)38(36,37)30-27(35)29-23(15-13-20-10-5-4-6-11-20)26(34)31(3)21-14-16-22(24(33)17-21)28-19(2)32/h4-12,14,16-17,23,33H,13,15H2,1-3H3,(H,28,32)(H2,29,30,35). The molecule has 10 nitrogen and oxygen atoms in total. The van der Waals surface area contributed by atoms with E-state index in [2.05, 4.69) is 10.6 Å². The van der Waals surface area contributed by atoms with Gasteiger partial charge in [0.25, 0.3) is 10.0 Å². The molecule has 0 fully saturated rings. The van der Waals surface area contributed by atoms with Crippen LogP contribution in [0.3, 0.4) is 0 Å². The van der Waals surface area contributed by atoms with Gasteiger partial charge in [-0.15, -0.1) is 0 Å². The summed E-state index contributed by atoms with van der Waals surface area (Å²) in [6, 6.07) is 17.7. The number of benzene rings is 3. The second-order valence-electron chi connectivity index (χ2n) is 8.70. The Morgan fingerprint density at radius 1 is 0.974 bits per heavy atom. The van der Waals surface area contributed by atoms with E-state index in [-0.39, 0.29) is 28.7 Å². The Kier molecular flexibility index (Phi) is 9.08. The summed E-state index contributed by atoms with van der Waals surface area (Å²) in [5, 5.41) is 15.2. The SMILES string of the molecule is CC(=O)Nc1ccc(N(C)C(=O)C(CCc2ccccc2)NC(=O)NS(=O)(=O)c2ccccc2C)cc1O. The zero-order valence-corrected chi connectivity index (χ0v) is 22.1. The van der Waals surface area contributed by atoms with Crippen LogP contribution >= 0.6 is 0 Å². The number of nitrogens with zero attached hydrogens (tertiary/aromatic N) is 1. The Morgan fingerprint density at radius 3 is 2.26 bits per heavy atom. The van der Waals surface area contributed by atoms with Crippen LogP contribution < -0.4 is 20.3 Å². The van der Waals surface area contributed by atoms with Gasteiger partial charge in [-0.05, 0) is 49.1 Å². The van der Waals surface area contributed by atoms with E-state index < -0.39 is 28.0 Å². The summed E-state index contributed by atoms with van der Waals surface area (Å²) >= 11 is 0. The van der Waals surface area contributed by atoms with Crippen LogP contribution in [-0.4, -0.2) is 44.5 Å². The third-order valence-corrected chi connectivity index (χ3v) is 7.28. The van der Waals surface area contributed by atoms with E-state index in [4.69, 9.17) is 0 Å². The van der Waals surface area contributed by atoms with Gasteiger partial charge in [0.2, 0.25) is 11.8 Å². The van der Waals surface area contributed by atoms with Crippen LogP contribution in [0, 0.1) is 6.92 Å². The summed E-state index contributed by atoms with van der Waals surface area (Å²) in [4.78, 5) is 38.7. The highest BCUT2D eigenvalue weighted by molar-refractivity contribution is 7.90. The number of carbonyl (C=O) groups excluding carboxylic acids is 3. The quantitative estimate of drug-likeness (QED) is 0.308. The fraction of sp³-hybridized carbons (Fsp3) is 0.222. The molecule has 0 radical (unpaired) electrons. The number of rotatable bonds is 9. The number of anilines is 2. The number of hydrogen-bond donors (Lipinski definition) is 4. The first-order valence-corrected chi connectivity index (χ1v) is 13.3. The lowest BCUT2D eigenvalue weighted by Gasteiger charge is -2.25. The molecule has 38 heavy (non-hydrogen) atoms. The molecule has 0 bridgehead atoms. The first-order chi connectivity index (χ1) is 18.0. The topological polar surface area (TPSA) is 145 Å². The van der Waals surface area contributed by atoms with Crippen LogP contribution in [0.2, 0.25) is 0 Å². The van der Waals surface area contributed by atoms with Gasteiger partial charge in [0.1, 0.15) is 11.8 Å². The van der Waals surface area contributed by atoms with E-state index >= 15 is 0 Å². The molecule has 4 N–H and O–H groups in total. The molecule has 3 aromatic rings. The van der Waals surface area contributed by atoms with Crippen molar-refractivity contribution >= 4 is 39.2 Å². The number of likely N-dealkylation sites (N-methyl/N-ethyl adjacent to an activating group) is 1. The van der Waals surface area contributed by atoms with Crippen molar-refractivity contribution < 1.29 is 27.9 Å². The lowest BCUT2D eigenvalue weighted by Crippen LogP contribution is -2.51. The van der Waals surface area contributed by atoms with Crippen molar-refractivity contribution in [3.8, 4) is 5.75 Å². The third-order valence-electron chi connectivity index (χ3n) is 5.79. The van der Waals surface area contributed by atoms with Crippen molar-refractivity contribution in [1.29, 1.82) is 0 Å². The summed E-state index contributed by atoms with van der Waals surface area (Å²) < 4.78 is 27.5. The lowest BCUT2D eigenvalue weighted by atomic mass is 10.0. The van der Waals surface area contributed by atoms with E-state index in [9.17, 15) is 27.9 Å². The first-order valence-electron chi connectivity index (χ1n) is 11.8. The summed E-state index contributed by atoms with van der Waals surface area (Å²) in [5.41, 5.74) is 1.88. The van der Waals surface area contributed by atoms with Crippen molar-refractivity contribution in [2.75, 3.05) is 17.3 Å². The minimum Gasteiger partial charge on any atom is -0.506 e. The molecule has 0 heterocycles. The van der Waals surface area contributed by atoms with E-state index in [1.54, 1.807) is 25.1 Å². The van der Waals surface area contributed by atoms with Gasteiger partial charge in [-0.25, -0.2) is 17.9 Å². The number of aromatic hydroxyl groups is 1. The van der Waals surface area contributed by atoms with Crippen molar-refractivity contribution in [2.24, 2.45) is 0 Å². The number of nitrogens with one attached hydrogen (secondary N) is 3. The number of hydrogen-bond acceptors (Lipinski definition) is 6. The molecule has 0 aliphatic heterocycles. The van der Waals surface area contributed by atoms with Crippen LogP contribution in [0.15, 0.2) is 77.7 Å². The van der Waals surface area contributed by atoms with Gasteiger partial charge in [0.05, 0.1) is 10.6 Å². The molecule has 0 aliphatic rings. The van der Waals surface area contributed by atoms with Crippen molar-refractivity contribution in [1.82, 2.24) is 10.0 Å². The minimum absolute atomic E-state index is 0.0471. The van der Waals surface area contributed by atoms with Gasteiger partial charge in [-0.3, -0.25) is 9.59 Å². The van der Waals surface area contributed by atoms with Gasteiger partial charge in [-0.2, -0.15) is 0 Å². The average Bonchev–Trinajstić information content (AvgIpc) is 2.87. The Balaban J connectivity index is 1.81. The fourth-order valence-electron chi connectivity index (χ4n) is 3.82. The van der Waals surface area contributed by atoms with Gasteiger partial charge in [0.15, 0.2) is 0 Å². The van der Waals surface area contributed by atoms with Crippen LogP contribution in [0.25, 0.3) is 0 Å². The fourth-order valence-corrected chi connectivity index (χ4v) is 4.98. The highest BCUT2D eigenvalue weighted by Gasteiger charge is 2.27. The Labute approximate surface area is 221 Å². The molecule has 0 aromatic heterocycles. The first kappa shape index (κ1) is 28.2. The lowest BCUT2D eigenvalue weighted by molar-refractivity contribution is -0.120. The predicted molar refractivity (Wildman–Crippen MR) is 144 cm³/mol. The van der Waals surface area contributed by atoms with E-state index in [1.807, 2.05) is 35.1 Å². The zero-order chi connectivity index (χ0) is 27.9. The highest BCUT2D eigenvalue weighted by atomic mass is 32.2. The molecular weight excluding hydrogens is 508 g/mol. The summed E-state index contributed by atoms with van der Waals surface area (Å²) in [7, 11) is -2.71. The monoisotopic (exact) mass is 538 g/mol. The number of sulfonamides is 1. The molecule has 3 rings (SSSR count). The predicted octanol–water partition coefficient (Wildman–Crippen LogP) is 3.31. The van der Waals surface area contributed by atoms with Gasteiger partial charge >= 0.3 is 6.03 Å². The largest absolute Gasteiger partial charge is 0.506 e. The maximum atomic E-state index is 13.4. The highest BCUT2D eigenvalue weighted by Crippen LogP contribution is 2.29. The number of urea groups is 1. The number of phenols is 1. The molecule has 200 valence electrons. The smallest absolute Gasteiger partial charge is 0.329 e. The number of carbonyl (C=O) groups is 3. The van der Waals surface area contributed by atoms with Crippen molar-refractivity contribution in [3.05, 3.63) is 83.9 Å². The molecule has 0 spiro atoms. The molecule has 0 saturated heterocycles. The molecule has 0 saturated carbocycles. The second-order valence-corrected chi connectivity index (χ2v) is 10.4. The van der Waals surface area contributed by atoms with Gasteiger partial charge < -0.3 is 20.6 Å². The van der Waals surface area contributed by atoms with Crippen molar-refractivity contribution in [2.45, 2.75) is 37.6 Å². The maximum Gasteiger partial charge on any atom is 0.329 e. The molecule has 0 aliphatic carbocycles.